The Bertz CT molecular complexity index is 1340. The van der Waals surface area contributed by atoms with Gasteiger partial charge in [-0.15, -0.1) is 0 Å². The zero-order valence-corrected chi connectivity index (χ0v) is 24.3. The van der Waals surface area contributed by atoms with E-state index in [1.807, 2.05) is 13.8 Å². The number of benzene rings is 2. The lowest BCUT2D eigenvalue weighted by molar-refractivity contribution is -0.157. The summed E-state index contributed by atoms with van der Waals surface area (Å²) in [6, 6.07) is 3.58. The van der Waals surface area contributed by atoms with Crippen LogP contribution in [0.1, 0.15) is 58.0 Å². The van der Waals surface area contributed by atoms with Crippen molar-refractivity contribution in [2.45, 2.75) is 46.8 Å². The number of hydrogen-bond donors (Lipinski definition) is 0. The molecule has 0 radical (unpaired) electrons. The molecule has 0 amide bonds. The molecule has 40 heavy (non-hydrogen) atoms. The highest BCUT2D eigenvalue weighted by atomic mass is 16.7. The van der Waals surface area contributed by atoms with E-state index in [-0.39, 0.29) is 18.6 Å². The molecule has 216 valence electrons. The summed E-state index contributed by atoms with van der Waals surface area (Å²) in [4.78, 5) is 25.6. The van der Waals surface area contributed by atoms with Crippen LogP contribution in [0.4, 0.5) is 0 Å². The second-order valence-corrected chi connectivity index (χ2v) is 9.76. The smallest absolute Gasteiger partial charge is 0.333 e. The van der Waals surface area contributed by atoms with E-state index in [0.29, 0.717) is 62.3 Å². The van der Waals surface area contributed by atoms with Crippen LogP contribution in [0.15, 0.2) is 23.8 Å². The molecule has 4 rings (SSSR count). The van der Waals surface area contributed by atoms with Crippen LogP contribution in [-0.2, 0) is 19.1 Å². The number of hydrogen-bond acceptors (Lipinski definition) is 10. The molecule has 0 N–H and O–H groups in total. The van der Waals surface area contributed by atoms with E-state index in [1.54, 1.807) is 32.1 Å². The first-order valence-electron chi connectivity index (χ1n) is 13.0. The molecule has 0 saturated carbocycles. The summed E-state index contributed by atoms with van der Waals surface area (Å²) in [6.45, 7) is 8.72. The van der Waals surface area contributed by atoms with Crippen molar-refractivity contribution in [3.05, 3.63) is 34.9 Å². The predicted octanol–water partition coefficient (Wildman–Crippen LogP) is 5.56. The maximum Gasteiger partial charge on any atom is 0.333 e. The van der Waals surface area contributed by atoms with E-state index >= 15 is 0 Å². The fraction of sp³-hybridized carbons (Fsp3) is 0.467. The van der Waals surface area contributed by atoms with Gasteiger partial charge in [-0.1, -0.05) is 19.9 Å². The molecule has 0 fully saturated rings. The lowest BCUT2D eigenvalue weighted by atomic mass is 9.74. The van der Waals surface area contributed by atoms with Crippen LogP contribution in [0.2, 0.25) is 0 Å². The molecule has 2 aliphatic rings. The van der Waals surface area contributed by atoms with Gasteiger partial charge in [-0.25, -0.2) is 4.79 Å². The third-order valence-corrected chi connectivity index (χ3v) is 7.64. The average Bonchev–Trinajstić information content (AvgIpc) is 3.43. The van der Waals surface area contributed by atoms with Gasteiger partial charge in [0.1, 0.15) is 12.2 Å². The molecule has 1 aliphatic heterocycles. The summed E-state index contributed by atoms with van der Waals surface area (Å²) in [5.41, 5.74) is 2.74. The van der Waals surface area contributed by atoms with Gasteiger partial charge < -0.3 is 37.9 Å². The van der Waals surface area contributed by atoms with Gasteiger partial charge in [0.05, 0.1) is 28.4 Å². The molecule has 0 unspecified atom stereocenters. The van der Waals surface area contributed by atoms with E-state index in [0.717, 1.165) is 0 Å². The summed E-state index contributed by atoms with van der Waals surface area (Å²) in [5.74, 6) is 0.625. The Hall–Kier alpha value is -4.08. The van der Waals surface area contributed by atoms with Gasteiger partial charge in [-0.2, -0.15) is 0 Å². The number of rotatable bonds is 7. The monoisotopic (exact) mass is 556 g/mol. The van der Waals surface area contributed by atoms with Gasteiger partial charge in [0.25, 0.3) is 0 Å². The van der Waals surface area contributed by atoms with Crippen LogP contribution in [0, 0.1) is 11.8 Å². The maximum absolute atomic E-state index is 13.2. The summed E-state index contributed by atoms with van der Waals surface area (Å²) in [7, 11) is 6.05. The molecular weight excluding hydrogens is 520 g/mol. The number of methoxy groups -OCH3 is 4. The van der Waals surface area contributed by atoms with Gasteiger partial charge in [0.2, 0.25) is 18.3 Å². The van der Waals surface area contributed by atoms with E-state index < -0.39 is 24.1 Å². The Balaban J connectivity index is 2.21. The Labute approximate surface area is 234 Å². The number of carbonyl (C=O) groups is 2. The average molecular weight is 557 g/mol. The summed E-state index contributed by atoms with van der Waals surface area (Å²) in [5, 5.41) is 0. The van der Waals surface area contributed by atoms with Gasteiger partial charge >= 0.3 is 11.9 Å². The molecule has 2 aromatic carbocycles. The molecule has 0 saturated heterocycles. The van der Waals surface area contributed by atoms with Crippen LogP contribution in [0.25, 0.3) is 11.1 Å². The number of esters is 2. The summed E-state index contributed by atoms with van der Waals surface area (Å²) < 4.78 is 47.0. The van der Waals surface area contributed by atoms with Crippen molar-refractivity contribution in [3.63, 3.8) is 0 Å². The summed E-state index contributed by atoms with van der Waals surface area (Å²) in [6.07, 6.45) is 0.124. The second kappa shape index (κ2) is 11.6. The highest BCUT2D eigenvalue weighted by Gasteiger charge is 2.44. The van der Waals surface area contributed by atoms with Crippen molar-refractivity contribution < 1.29 is 47.5 Å². The van der Waals surface area contributed by atoms with Crippen molar-refractivity contribution in [2.75, 3.05) is 35.2 Å². The van der Waals surface area contributed by atoms with E-state index in [4.69, 9.17) is 37.9 Å². The van der Waals surface area contributed by atoms with Gasteiger partial charge in [0, 0.05) is 46.6 Å². The normalized spacial score (nSPS) is 21.3. The Morgan fingerprint density at radius 1 is 0.800 bits per heavy atom. The molecule has 0 aromatic heterocycles. The van der Waals surface area contributed by atoms with Crippen molar-refractivity contribution >= 4 is 11.9 Å². The molecule has 1 aliphatic carbocycles. The zero-order valence-electron chi connectivity index (χ0n) is 24.3. The summed E-state index contributed by atoms with van der Waals surface area (Å²) >= 11 is 0. The first-order chi connectivity index (χ1) is 19.1. The molecule has 4 atom stereocenters. The lowest BCUT2D eigenvalue weighted by Crippen LogP contribution is -2.31. The van der Waals surface area contributed by atoms with E-state index in [1.165, 1.54) is 35.4 Å². The number of allylic oxidation sites excluding steroid dienone is 1. The third-order valence-electron chi connectivity index (χ3n) is 7.64. The maximum atomic E-state index is 13.2. The standard InChI is InChI=1S/C30H36O10/c1-10-14(2)30(32)40-25-16(4)15(3)24(39-17(5)31)19-12-21-27(38-13-37-21)29(36-9)23(19)22-18(25)11-20(33-6)26(34-7)28(22)35-8/h10-12,15-16,24-25H,13H2,1-9H3/b14-10-/t15-,16-,24+,25+/m1/s1. The Morgan fingerprint density at radius 2 is 1.38 bits per heavy atom. The Kier molecular flexibility index (Phi) is 8.37. The molecule has 10 nitrogen and oxygen atoms in total. The predicted molar refractivity (Wildman–Crippen MR) is 145 cm³/mol. The molecule has 2 aromatic rings. The fourth-order valence-corrected chi connectivity index (χ4v) is 5.33. The second-order valence-electron chi connectivity index (χ2n) is 9.76. The molecule has 0 bridgehead atoms. The number of ether oxygens (including phenoxy) is 8. The number of fused-ring (bicyclic) bond motifs is 4. The Morgan fingerprint density at radius 3 is 1.93 bits per heavy atom. The minimum atomic E-state index is -0.803. The van der Waals surface area contributed by atoms with Crippen molar-refractivity contribution in [3.8, 4) is 45.6 Å². The minimum Gasteiger partial charge on any atom is -0.493 e. The van der Waals surface area contributed by atoms with E-state index in [9.17, 15) is 9.59 Å². The van der Waals surface area contributed by atoms with Crippen molar-refractivity contribution in [1.29, 1.82) is 0 Å². The van der Waals surface area contributed by atoms with Crippen LogP contribution in [-0.4, -0.2) is 47.2 Å². The van der Waals surface area contributed by atoms with Crippen LogP contribution >= 0.6 is 0 Å². The van der Waals surface area contributed by atoms with Crippen molar-refractivity contribution in [1.82, 2.24) is 0 Å². The minimum absolute atomic E-state index is 0.00241. The first-order valence-corrected chi connectivity index (χ1v) is 13.0. The fourth-order valence-electron chi connectivity index (χ4n) is 5.33. The van der Waals surface area contributed by atoms with Gasteiger partial charge in [-0.05, 0) is 26.0 Å². The number of carbonyl (C=O) groups excluding carboxylic acids is 2. The molecule has 1 heterocycles. The van der Waals surface area contributed by atoms with E-state index in [2.05, 4.69) is 0 Å². The first kappa shape index (κ1) is 28.9. The van der Waals surface area contributed by atoms with Crippen LogP contribution in [0.3, 0.4) is 0 Å². The molecule has 0 spiro atoms. The topological polar surface area (TPSA) is 108 Å². The van der Waals surface area contributed by atoms with Gasteiger partial charge in [0.15, 0.2) is 23.0 Å². The zero-order chi connectivity index (χ0) is 29.3. The highest BCUT2D eigenvalue weighted by Crippen LogP contribution is 2.60. The van der Waals surface area contributed by atoms with Crippen LogP contribution < -0.4 is 28.4 Å². The largest absolute Gasteiger partial charge is 0.493 e. The van der Waals surface area contributed by atoms with Crippen molar-refractivity contribution in [2.24, 2.45) is 11.8 Å². The SMILES string of the molecule is C/C=C(/C)C(=O)O[C@@H]1c2cc(OC)c(OC)c(OC)c2-c2c(cc3c(c2OC)OCO3)[C@@H](OC(C)=O)[C@H](C)[C@H]1C. The van der Waals surface area contributed by atoms with Crippen LogP contribution in [0.5, 0.6) is 34.5 Å². The lowest BCUT2D eigenvalue weighted by Gasteiger charge is -2.38. The highest BCUT2D eigenvalue weighted by molar-refractivity contribution is 5.91. The quantitative estimate of drug-likeness (QED) is 0.318. The third kappa shape index (κ3) is 4.76. The molecular formula is C30H36O10. The van der Waals surface area contributed by atoms with Gasteiger partial charge in [-0.3, -0.25) is 4.79 Å². The molecule has 10 heteroatoms.